The largest absolute Gasteiger partial charge is 0.395 e. The second kappa shape index (κ2) is 6.92. The van der Waals surface area contributed by atoms with Crippen LogP contribution in [0.5, 0.6) is 0 Å². The van der Waals surface area contributed by atoms with Gasteiger partial charge in [0.15, 0.2) is 0 Å². The zero-order chi connectivity index (χ0) is 14.5. The van der Waals surface area contributed by atoms with Crippen molar-refractivity contribution in [1.29, 1.82) is 0 Å². The van der Waals surface area contributed by atoms with Crippen LogP contribution in [0.3, 0.4) is 0 Å². The van der Waals surface area contributed by atoms with Crippen LogP contribution in [0.4, 0.5) is 0 Å². The van der Waals surface area contributed by atoms with Crippen LogP contribution in [0.2, 0.25) is 0 Å². The lowest BCUT2D eigenvalue weighted by molar-refractivity contribution is 0.0706. The molecule has 20 heavy (non-hydrogen) atoms. The monoisotopic (exact) mass is 291 g/mol. The molecule has 0 saturated carbocycles. The molecule has 0 spiro atoms. The van der Waals surface area contributed by atoms with E-state index in [1.165, 1.54) is 11.3 Å². The topological polar surface area (TPSA) is 40.5 Å². The lowest BCUT2D eigenvalue weighted by atomic mass is 10.0. The first-order valence-corrected chi connectivity index (χ1v) is 7.95. The van der Waals surface area contributed by atoms with E-state index >= 15 is 0 Å². The van der Waals surface area contributed by atoms with E-state index in [1.54, 1.807) is 0 Å². The van der Waals surface area contributed by atoms with Gasteiger partial charge in [0.25, 0.3) is 5.91 Å². The molecule has 1 amide bonds. The summed E-state index contributed by atoms with van der Waals surface area (Å²) >= 11 is 1.45. The van der Waals surface area contributed by atoms with Gasteiger partial charge in [-0.05, 0) is 30.9 Å². The highest BCUT2D eigenvalue weighted by Gasteiger charge is 2.31. The van der Waals surface area contributed by atoms with Gasteiger partial charge in [0.2, 0.25) is 0 Å². The van der Waals surface area contributed by atoms with E-state index < -0.39 is 0 Å². The van der Waals surface area contributed by atoms with E-state index in [-0.39, 0.29) is 12.5 Å². The summed E-state index contributed by atoms with van der Waals surface area (Å²) in [5.74, 6) is 6.51. The molecule has 4 heteroatoms. The van der Waals surface area contributed by atoms with E-state index in [4.69, 9.17) is 5.11 Å². The molecule has 1 aliphatic heterocycles. The zero-order valence-electron chi connectivity index (χ0n) is 12.1. The van der Waals surface area contributed by atoms with Gasteiger partial charge < -0.3 is 10.0 Å². The van der Waals surface area contributed by atoms with Gasteiger partial charge >= 0.3 is 0 Å². The van der Waals surface area contributed by atoms with Gasteiger partial charge in [-0.2, -0.15) is 0 Å². The highest BCUT2D eigenvalue weighted by molar-refractivity contribution is 7.14. The molecule has 0 aromatic carbocycles. The maximum absolute atomic E-state index is 12.6. The third-order valence-electron chi connectivity index (χ3n) is 3.59. The summed E-state index contributed by atoms with van der Waals surface area (Å²) < 4.78 is 0. The zero-order valence-corrected chi connectivity index (χ0v) is 12.9. The van der Waals surface area contributed by atoms with Gasteiger partial charge in [0.05, 0.1) is 16.4 Å². The molecule has 0 aliphatic carbocycles. The third-order valence-corrected chi connectivity index (χ3v) is 4.58. The number of carbonyl (C=O) groups excluding carboxylic acids is 1. The van der Waals surface area contributed by atoms with Crippen molar-refractivity contribution in [2.45, 2.75) is 39.2 Å². The number of hydrogen-bond donors (Lipinski definition) is 1. The number of aliphatic hydroxyl groups is 1. The number of amides is 1. The first kappa shape index (κ1) is 15.1. The number of carbonyl (C=O) groups is 1. The van der Waals surface area contributed by atoms with Crippen LogP contribution in [-0.4, -0.2) is 35.1 Å². The smallest absolute Gasteiger partial charge is 0.264 e. The summed E-state index contributed by atoms with van der Waals surface area (Å²) in [4.78, 5) is 16.2. The SMILES string of the molecule is CC(C)C1CCCN1C(=O)c1ccc(C#CCCO)s1. The fraction of sp³-hybridized carbons (Fsp3) is 0.562. The standard InChI is InChI=1S/C16H21NO2S/c1-12(2)14-7-5-10-17(14)16(19)15-9-8-13(20-15)6-3-4-11-18/h8-9,12,14,18H,4-5,7,10-11H2,1-2H3. The molecule has 0 radical (unpaired) electrons. The van der Waals surface area contributed by atoms with Gasteiger partial charge in [-0.1, -0.05) is 25.7 Å². The Kier molecular flexibility index (Phi) is 5.22. The lowest BCUT2D eigenvalue weighted by Crippen LogP contribution is -2.38. The molecule has 1 aliphatic rings. The Bertz CT molecular complexity index is 524. The van der Waals surface area contributed by atoms with E-state index in [1.807, 2.05) is 17.0 Å². The molecule has 1 aromatic rings. The van der Waals surface area contributed by atoms with Crippen LogP contribution in [0.15, 0.2) is 12.1 Å². The van der Waals surface area contributed by atoms with Crippen molar-refractivity contribution in [1.82, 2.24) is 4.90 Å². The molecule has 2 rings (SSSR count). The number of nitrogens with zero attached hydrogens (tertiary/aromatic N) is 1. The number of aliphatic hydroxyl groups excluding tert-OH is 1. The summed E-state index contributed by atoms with van der Waals surface area (Å²) in [6.45, 7) is 5.30. The fourth-order valence-corrected chi connectivity index (χ4v) is 3.44. The molecule has 1 saturated heterocycles. The second-order valence-corrected chi connectivity index (χ2v) is 6.48. The maximum atomic E-state index is 12.6. The predicted octanol–water partition coefficient (Wildman–Crippen LogP) is 2.74. The summed E-state index contributed by atoms with van der Waals surface area (Å²) in [6, 6.07) is 4.13. The molecule has 2 heterocycles. The van der Waals surface area contributed by atoms with Crippen LogP contribution >= 0.6 is 11.3 Å². The number of likely N-dealkylation sites (tertiary alicyclic amines) is 1. The van der Waals surface area contributed by atoms with Crippen molar-refractivity contribution in [3.05, 3.63) is 21.9 Å². The molecule has 3 nitrogen and oxygen atoms in total. The molecule has 1 unspecified atom stereocenters. The molecule has 1 atom stereocenters. The number of thiophene rings is 1. The highest BCUT2D eigenvalue weighted by atomic mass is 32.1. The Morgan fingerprint density at radius 3 is 3.05 bits per heavy atom. The van der Waals surface area contributed by atoms with Crippen LogP contribution in [-0.2, 0) is 0 Å². The number of hydrogen-bond acceptors (Lipinski definition) is 3. The van der Waals surface area contributed by atoms with Crippen LogP contribution in [0, 0.1) is 17.8 Å². The first-order chi connectivity index (χ1) is 9.63. The van der Waals surface area contributed by atoms with Crippen molar-refractivity contribution in [3.8, 4) is 11.8 Å². The second-order valence-electron chi connectivity index (χ2n) is 5.39. The van der Waals surface area contributed by atoms with Gasteiger partial charge in [-0.15, -0.1) is 11.3 Å². The first-order valence-electron chi connectivity index (χ1n) is 7.14. The summed E-state index contributed by atoms with van der Waals surface area (Å²) in [5, 5.41) is 8.70. The van der Waals surface area contributed by atoms with Crippen molar-refractivity contribution >= 4 is 17.2 Å². The average molecular weight is 291 g/mol. The van der Waals surface area contributed by atoms with Crippen LogP contribution in [0.1, 0.15) is 47.7 Å². The molecule has 1 fully saturated rings. The normalized spacial score (nSPS) is 18.2. The van der Waals surface area contributed by atoms with E-state index in [0.29, 0.717) is 18.4 Å². The van der Waals surface area contributed by atoms with Crippen molar-refractivity contribution in [2.24, 2.45) is 5.92 Å². The summed E-state index contributed by atoms with van der Waals surface area (Å²) in [6.07, 6.45) is 2.68. The fourth-order valence-electron chi connectivity index (χ4n) is 2.60. The Labute approximate surface area is 124 Å². The van der Waals surface area contributed by atoms with Crippen molar-refractivity contribution in [3.63, 3.8) is 0 Å². The average Bonchev–Trinajstić information content (AvgIpc) is 3.07. The molecular formula is C16H21NO2S. The number of rotatable bonds is 3. The molecular weight excluding hydrogens is 270 g/mol. The molecule has 108 valence electrons. The maximum Gasteiger partial charge on any atom is 0.264 e. The Morgan fingerprint density at radius 1 is 1.55 bits per heavy atom. The predicted molar refractivity (Wildman–Crippen MR) is 81.8 cm³/mol. The highest BCUT2D eigenvalue weighted by Crippen LogP contribution is 2.27. The van der Waals surface area contributed by atoms with Gasteiger partial charge in [0.1, 0.15) is 0 Å². The quantitative estimate of drug-likeness (QED) is 0.870. The minimum absolute atomic E-state index is 0.0774. The Hall–Kier alpha value is -1.31. The van der Waals surface area contributed by atoms with Gasteiger partial charge in [0, 0.05) is 19.0 Å². The van der Waals surface area contributed by atoms with Crippen molar-refractivity contribution < 1.29 is 9.90 Å². The molecule has 1 aromatic heterocycles. The van der Waals surface area contributed by atoms with E-state index in [2.05, 4.69) is 25.7 Å². The van der Waals surface area contributed by atoms with Gasteiger partial charge in [-0.25, -0.2) is 0 Å². The van der Waals surface area contributed by atoms with Crippen LogP contribution < -0.4 is 0 Å². The molecule has 1 N–H and O–H groups in total. The molecule has 0 bridgehead atoms. The minimum atomic E-state index is 0.0774. The van der Waals surface area contributed by atoms with Gasteiger partial charge in [-0.3, -0.25) is 4.79 Å². The van der Waals surface area contributed by atoms with Crippen LogP contribution in [0.25, 0.3) is 0 Å². The van der Waals surface area contributed by atoms with E-state index in [9.17, 15) is 4.79 Å². The Morgan fingerprint density at radius 2 is 2.35 bits per heavy atom. The van der Waals surface area contributed by atoms with Crippen molar-refractivity contribution in [2.75, 3.05) is 13.2 Å². The lowest BCUT2D eigenvalue weighted by Gasteiger charge is -2.27. The summed E-state index contributed by atoms with van der Waals surface area (Å²) in [5.41, 5.74) is 0. The summed E-state index contributed by atoms with van der Waals surface area (Å²) in [7, 11) is 0. The third kappa shape index (κ3) is 3.41. The van der Waals surface area contributed by atoms with E-state index in [0.717, 1.165) is 29.1 Å². The Balaban J connectivity index is 2.08. The minimum Gasteiger partial charge on any atom is -0.395 e.